The van der Waals surface area contributed by atoms with Gasteiger partial charge in [-0.15, -0.1) is 0 Å². The number of benzene rings is 1. The minimum absolute atomic E-state index is 0.0780. The summed E-state index contributed by atoms with van der Waals surface area (Å²) < 4.78 is 7.94. The van der Waals surface area contributed by atoms with E-state index in [1.54, 1.807) is 6.20 Å². The molecule has 112 valence electrons. The summed E-state index contributed by atoms with van der Waals surface area (Å²) in [6, 6.07) is 10.5. The molecule has 1 aliphatic heterocycles. The summed E-state index contributed by atoms with van der Waals surface area (Å²) in [5.41, 5.74) is 4.50. The molecule has 1 aromatic carbocycles. The van der Waals surface area contributed by atoms with E-state index in [2.05, 4.69) is 40.9 Å². The number of ether oxygens (including phenoxy) is 1. The maximum absolute atomic E-state index is 5.89. The molecule has 1 aliphatic rings. The first-order chi connectivity index (χ1) is 10.8. The van der Waals surface area contributed by atoms with Crippen molar-refractivity contribution in [2.24, 2.45) is 0 Å². The number of hydrogen-bond acceptors (Lipinski definition) is 3. The van der Waals surface area contributed by atoms with Gasteiger partial charge in [-0.2, -0.15) is 5.10 Å². The van der Waals surface area contributed by atoms with Crippen LogP contribution in [0.5, 0.6) is 0 Å². The van der Waals surface area contributed by atoms with Crippen LogP contribution in [0.1, 0.15) is 31.2 Å². The smallest absolute Gasteiger partial charge is 0.150 e. The lowest BCUT2D eigenvalue weighted by Crippen LogP contribution is -2.19. The van der Waals surface area contributed by atoms with Gasteiger partial charge in [-0.25, -0.2) is 4.68 Å². The molecule has 0 radical (unpaired) electrons. The van der Waals surface area contributed by atoms with Crippen LogP contribution < -0.4 is 0 Å². The van der Waals surface area contributed by atoms with Crippen molar-refractivity contribution in [2.75, 3.05) is 6.61 Å². The van der Waals surface area contributed by atoms with Crippen LogP contribution in [-0.2, 0) is 4.74 Å². The predicted molar refractivity (Wildman–Crippen MR) is 86.5 cm³/mol. The Morgan fingerprint density at radius 3 is 2.91 bits per heavy atom. The molecule has 3 heterocycles. The molecule has 4 rings (SSSR count). The Labute approximate surface area is 129 Å². The molecule has 4 nitrogen and oxygen atoms in total. The van der Waals surface area contributed by atoms with Crippen LogP contribution >= 0.6 is 0 Å². The molecular formula is C18H19N3O. The van der Waals surface area contributed by atoms with Gasteiger partial charge in [-0.3, -0.25) is 4.98 Å². The second-order valence-corrected chi connectivity index (χ2v) is 5.82. The zero-order chi connectivity index (χ0) is 14.9. The number of aryl methyl sites for hydroxylation is 1. The van der Waals surface area contributed by atoms with Gasteiger partial charge in [0.1, 0.15) is 0 Å². The van der Waals surface area contributed by atoms with Gasteiger partial charge >= 0.3 is 0 Å². The summed E-state index contributed by atoms with van der Waals surface area (Å²) >= 11 is 0. The lowest BCUT2D eigenvalue weighted by Gasteiger charge is -2.23. The molecule has 1 unspecified atom stereocenters. The van der Waals surface area contributed by atoms with E-state index in [1.807, 2.05) is 12.3 Å². The molecule has 1 atom stereocenters. The fourth-order valence-electron chi connectivity index (χ4n) is 3.14. The van der Waals surface area contributed by atoms with Gasteiger partial charge in [-0.05, 0) is 49.9 Å². The van der Waals surface area contributed by atoms with Crippen molar-refractivity contribution in [1.82, 2.24) is 14.8 Å². The molecule has 2 aromatic heterocycles. The SMILES string of the molecule is Cc1nn(C2CCCCO2)c2ccc(-c3cccnc3)cc12. The van der Waals surface area contributed by atoms with E-state index < -0.39 is 0 Å². The first-order valence-corrected chi connectivity index (χ1v) is 7.84. The average Bonchev–Trinajstić information content (AvgIpc) is 2.93. The minimum atomic E-state index is 0.0780. The number of nitrogens with zero attached hydrogens (tertiary/aromatic N) is 3. The maximum Gasteiger partial charge on any atom is 0.150 e. The van der Waals surface area contributed by atoms with Crippen molar-refractivity contribution in [3.63, 3.8) is 0 Å². The largest absolute Gasteiger partial charge is 0.356 e. The molecule has 22 heavy (non-hydrogen) atoms. The maximum atomic E-state index is 5.89. The van der Waals surface area contributed by atoms with Crippen molar-refractivity contribution in [1.29, 1.82) is 0 Å². The van der Waals surface area contributed by atoms with Crippen molar-refractivity contribution in [2.45, 2.75) is 32.4 Å². The first kappa shape index (κ1) is 13.5. The van der Waals surface area contributed by atoms with Gasteiger partial charge in [0.25, 0.3) is 0 Å². The van der Waals surface area contributed by atoms with Gasteiger partial charge in [0.2, 0.25) is 0 Å². The van der Waals surface area contributed by atoms with Gasteiger partial charge in [0.05, 0.1) is 11.2 Å². The summed E-state index contributed by atoms with van der Waals surface area (Å²) in [6.45, 7) is 2.90. The topological polar surface area (TPSA) is 39.9 Å². The second-order valence-electron chi connectivity index (χ2n) is 5.82. The van der Waals surface area contributed by atoms with Gasteiger partial charge in [0, 0.05) is 30.0 Å². The van der Waals surface area contributed by atoms with Crippen LogP contribution in [0.2, 0.25) is 0 Å². The highest BCUT2D eigenvalue weighted by Crippen LogP contribution is 2.30. The lowest BCUT2D eigenvalue weighted by molar-refractivity contribution is -0.0368. The van der Waals surface area contributed by atoms with E-state index in [9.17, 15) is 0 Å². The Bertz CT molecular complexity index is 789. The Morgan fingerprint density at radius 2 is 2.14 bits per heavy atom. The third kappa shape index (κ3) is 2.29. The fourth-order valence-corrected chi connectivity index (χ4v) is 3.14. The summed E-state index contributed by atoms with van der Waals surface area (Å²) in [4.78, 5) is 4.20. The van der Waals surface area contributed by atoms with E-state index in [0.717, 1.165) is 36.2 Å². The first-order valence-electron chi connectivity index (χ1n) is 7.84. The Balaban J connectivity index is 1.79. The summed E-state index contributed by atoms with van der Waals surface area (Å²) in [6.07, 6.45) is 7.17. The van der Waals surface area contributed by atoms with Crippen LogP contribution in [0.25, 0.3) is 22.0 Å². The Hall–Kier alpha value is -2.20. The number of hydrogen-bond donors (Lipinski definition) is 0. The van der Waals surface area contributed by atoms with E-state index in [1.165, 1.54) is 17.4 Å². The molecule has 0 N–H and O–H groups in total. The highest BCUT2D eigenvalue weighted by molar-refractivity contribution is 5.87. The predicted octanol–water partition coefficient (Wildman–Crippen LogP) is 4.11. The molecule has 3 aromatic rings. The summed E-state index contributed by atoms with van der Waals surface area (Å²) in [5.74, 6) is 0. The van der Waals surface area contributed by atoms with E-state index in [4.69, 9.17) is 9.84 Å². The van der Waals surface area contributed by atoms with Crippen LogP contribution in [0.15, 0.2) is 42.7 Å². The molecule has 0 aliphatic carbocycles. The lowest BCUT2D eigenvalue weighted by atomic mass is 10.0. The van der Waals surface area contributed by atoms with E-state index in [0.29, 0.717) is 0 Å². The zero-order valence-electron chi connectivity index (χ0n) is 12.7. The Morgan fingerprint density at radius 1 is 1.18 bits per heavy atom. The standard InChI is InChI=1S/C18H19N3O/c1-13-16-11-14(15-5-4-9-19-12-15)7-8-17(16)21(20-13)18-6-2-3-10-22-18/h4-5,7-9,11-12,18H,2-3,6,10H2,1H3. The number of aromatic nitrogens is 3. The zero-order valence-corrected chi connectivity index (χ0v) is 12.7. The normalized spacial score (nSPS) is 18.7. The molecule has 4 heteroatoms. The van der Waals surface area contributed by atoms with Crippen LogP contribution in [0.4, 0.5) is 0 Å². The van der Waals surface area contributed by atoms with Crippen molar-refractivity contribution in [3.8, 4) is 11.1 Å². The number of fused-ring (bicyclic) bond motifs is 1. The van der Waals surface area contributed by atoms with Crippen molar-refractivity contribution in [3.05, 3.63) is 48.4 Å². The molecule has 0 saturated carbocycles. The molecule has 0 bridgehead atoms. The molecular weight excluding hydrogens is 274 g/mol. The molecule has 0 spiro atoms. The quantitative estimate of drug-likeness (QED) is 0.714. The molecule has 0 amide bonds. The van der Waals surface area contributed by atoms with Gasteiger partial charge in [0.15, 0.2) is 6.23 Å². The van der Waals surface area contributed by atoms with Crippen LogP contribution in [0.3, 0.4) is 0 Å². The molecule has 1 saturated heterocycles. The number of pyridine rings is 1. The van der Waals surface area contributed by atoms with Crippen LogP contribution in [0, 0.1) is 6.92 Å². The minimum Gasteiger partial charge on any atom is -0.356 e. The third-order valence-electron chi connectivity index (χ3n) is 4.31. The number of rotatable bonds is 2. The third-order valence-corrected chi connectivity index (χ3v) is 4.31. The van der Waals surface area contributed by atoms with Gasteiger partial charge < -0.3 is 4.74 Å². The highest BCUT2D eigenvalue weighted by atomic mass is 16.5. The monoisotopic (exact) mass is 293 g/mol. The summed E-state index contributed by atoms with van der Waals surface area (Å²) in [5, 5.41) is 5.91. The highest BCUT2D eigenvalue weighted by Gasteiger charge is 2.20. The van der Waals surface area contributed by atoms with E-state index >= 15 is 0 Å². The average molecular weight is 293 g/mol. The summed E-state index contributed by atoms with van der Waals surface area (Å²) in [7, 11) is 0. The van der Waals surface area contributed by atoms with Gasteiger partial charge in [-0.1, -0.05) is 12.1 Å². The molecule has 1 fully saturated rings. The van der Waals surface area contributed by atoms with Crippen LogP contribution in [-0.4, -0.2) is 21.4 Å². The van der Waals surface area contributed by atoms with E-state index in [-0.39, 0.29) is 6.23 Å². The second kappa shape index (κ2) is 5.54. The van der Waals surface area contributed by atoms with Crippen molar-refractivity contribution >= 4 is 10.9 Å². The van der Waals surface area contributed by atoms with Crippen molar-refractivity contribution < 1.29 is 4.74 Å². The fraction of sp³-hybridized carbons (Fsp3) is 0.333. The Kier molecular flexibility index (Phi) is 3.39.